The second-order valence-electron chi connectivity index (χ2n) is 6.37. The zero-order valence-corrected chi connectivity index (χ0v) is 17.1. The third kappa shape index (κ3) is 4.48. The van der Waals surface area contributed by atoms with Gasteiger partial charge >= 0.3 is 0 Å². The molecule has 27 heavy (non-hydrogen) atoms. The topological polar surface area (TPSA) is 72.7 Å². The Kier molecular flexibility index (Phi) is 5.82. The zero-order valence-electron chi connectivity index (χ0n) is 15.5. The van der Waals surface area contributed by atoms with E-state index in [2.05, 4.69) is 26.9 Å². The number of carbonyl (C=O) groups is 1. The van der Waals surface area contributed by atoms with Crippen molar-refractivity contribution in [2.75, 3.05) is 5.32 Å². The number of nitrogens with zero attached hydrogens (tertiary/aromatic N) is 4. The summed E-state index contributed by atoms with van der Waals surface area (Å²) < 4.78 is 1.66. The number of benzene rings is 2. The van der Waals surface area contributed by atoms with E-state index in [1.165, 1.54) is 17.3 Å². The minimum Gasteiger partial charge on any atom is -0.325 e. The van der Waals surface area contributed by atoms with Crippen LogP contribution < -0.4 is 5.32 Å². The average Bonchev–Trinajstić information content (AvgIpc) is 3.06. The number of aromatic nitrogens is 4. The first-order valence-corrected chi connectivity index (χ1v) is 9.70. The van der Waals surface area contributed by atoms with E-state index in [0.717, 1.165) is 16.8 Å². The highest BCUT2D eigenvalue weighted by atomic mass is 35.5. The van der Waals surface area contributed by atoms with Crippen molar-refractivity contribution in [3.05, 3.63) is 58.1 Å². The van der Waals surface area contributed by atoms with Crippen LogP contribution in [0, 0.1) is 20.8 Å². The van der Waals surface area contributed by atoms with Crippen molar-refractivity contribution in [2.45, 2.75) is 38.1 Å². The second-order valence-corrected chi connectivity index (χ2v) is 8.12. The van der Waals surface area contributed by atoms with Crippen molar-refractivity contribution < 1.29 is 4.79 Å². The summed E-state index contributed by atoms with van der Waals surface area (Å²) in [6, 6.07) is 11.5. The molecule has 1 heterocycles. The number of amides is 1. The predicted octanol–water partition coefficient (Wildman–Crippen LogP) is 4.36. The van der Waals surface area contributed by atoms with Gasteiger partial charge in [0.1, 0.15) is 0 Å². The first-order chi connectivity index (χ1) is 12.8. The van der Waals surface area contributed by atoms with E-state index in [1.807, 2.05) is 45.9 Å². The van der Waals surface area contributed by atoms with Gasteiger partial charge < -0.3 is 5.32 Å². The molecule has 140 valence electrons. The molecule has 0 aliphatic carbocycles. The van der Waals surface area contributed by atoms with Crippen LogP contribution in [-0.2, 0) is 4.79 Å². The molecular formula is C19H20ClN5OS. The first-order valence-electron chi connectivity index (χ1n) is 8.45. The molecular weight excluding hydrogens is 382 g/mol. The third-order valence-electron chi connectivity index (χ3n) is 4.13. The van der Waals surface area contributed by atoms with E-state index >= 15 is 0 Å². The van der Waals surface area contributed by atoms with E-state index in [9.17, 15) is 4.79 Å². The SMILES string of the molecule is Cc1ccc(-n2nnnc2S[C@@H](C)C(=O)Nc2cc(Cl)ccc2C)c(C)c1. The summed E-state index contributed by atoms with van der Waals surface area (Å²) in [6.45, 7) is 7.79. The van der Waals surface area contributed by atoms with Gasteiger partial charge in [-0.2, -0.15) is 4.68 Å². The molecule has 3 rings (SSSR count). The van der Waals surface area contributed by atoms with Crippen molar-refractivity contribution in [3.63, 3.8) is 0 Å². The van der Waals surface area contributed by atoms with Crippen LogP contribution in [0.15, 0.2) is 41.6 Å². The van der Waals surface area contributed by atoms with Crippen molar-refractivity contribution in [1.82, 2.24) is 20.2 Å². The maximum Gasteiger partial charge on any atom is 0.237 e. The third-order valence-corrected chi connectivity index (χ3v) is 5.40. The van der Waals surface area contributed by atoms with Crippen molar-refractivity contribution in [1.29, 1.82) is 0 Å². The molecule has 0 radical (unpaired) electrons. The molecule has 1 N–H and O–H groups in total. The van der Waals surface area contributed by atoms with E-state index in [1.54, 1.807) is 16.8 Å². The molecule has 1 atom stereocenters. The lowest BCUT2D eigenvalue weighted by atomic mass is 10.1. The molecule has 0 aliphatic rings. The fraction of sp³-hybridized carbons (Fsp3) is 0.263. The van der Waals surface area contributed by atoms with Gasteiger partial charge in [0.05, 0.1) is 10.9 Å². The van der Waals surface area contributed by atoms with Crippen LogP contribution in [0.5, 0.6) is 0 Å². The number of aryl methyl sites for hydroxylation is 3. The Morgan fingerprint density at radius 3 is 2.67 bits per heavy atom. The number of thioether (sulfide) groups is 1. The van der Waals surface area contributed by atoms with Crippen LogP contribution in [0.25, 0.3) is 5.69 Å². The largest absolute Gasteiger partial charge is 0.325 e. The van der Waals surface area contributed by atoms with Gasteiger partial charge in [-0.1, -0.05) is 47.1 Å². The molecule has 0 unspecified atom stereocenters. The molecule has 1 aromatic heterocycles. The van der Waals surface area contributed by atoms with Crippen LogP contribution >= 0.6 is 23.4 Å². The van der Waals surface area contributed by atoms with Crippen LogP contribution in [0.4, 0.5) is 5.69 Å². The highest BCUT2D eigenvalue weighted by molar-refractivity contribution is 8.00. The highest BCUT2D eigenvalue weighted by Crippen LogP contribution is 2.26. The molecule has 0 saturated carbocycles. The number of hydrogen-bond acceptors (Lipinski definition) is 5. The van der Waals surface area contributed by atoms with Crippen LogP contribution in [0.2, 0.25) is 5.02 Å². The van der Waals surface area contributed by atoms with Crippen molar-refractivity contribution in [3.8, 4) is 5.69 Å². The lowest BCUT2D eigenvalue weighted by molar-refractivity contribution is -0.115. The molecule has 6 nitrogen and oxygen atoms in total. The number of carbonyl (C=O) groups excluding carboxylic acids is 1. The van der Waals surface area contributed by atoms with Gasteiger partial charge in [-0.05, 0) is 67.4 Å². The molecule has 1 amide bonds. The maximum atomic E-state index is 12.6. The van der Waals surface area contributed by atoms with E-state index in [-0.39, 0.29) is 11.2 Å². The normalized spacial score (nSPS) is 12.0. The lowest BCUT2D eigenvalue weighted by Gasteiger charge is -2.14. The zero-order chi connectivity index (χ0) is 19.6. The Morgan fingerprint density at radius 2 is 1.93 bits per heavy atom. The fourth-order valence-corrected chi connectivity index (χ4v) is 3.59. The quantitative estimate of drug-likeness (QED) is 0.643. The maximum absolute atomic E-state index is 12.6. The Labute approximate surface area is 167 Å². The van der Waals surface area contributed by atoms with Crippen LogP contribution in [-0.4, -0.2) is 31.4 Å². The summed E-state index contributed by atoms with van der Waals surface area (Å²) in [6.07, 6.45) is 0. The number of hydrogen-bond donors (Lipinski definition) is 1. The van der Waals surface area contributed by atoms with Gasteiger partial charge in [0.2, 0.25) is 11.1 Å². The van der Waals surface area contributed by atoms with Crippen LogP contribution in [0.1, 0.15) is 23.6 Å². The number of rotatable bonds is 5. The molecule has 0 bridgehead atoms. The average molecular weight is 402 g/mol. The Bertz CT molecular complexity index is 988. The van der Waals surface area contributed by atoms with Crippen LogP contribution in [0.3, 0.4) is 0 Å². The van der Waals surface area contributed by atoms with E-state index < -0.39 is 0 Å². The molecule has 2 aromatic carbocycles. The number of nitrogens with one attached hydrogen (secondary N) is 1. The predicted molar refractivity (Wildman–Crippen MR) is 109 cm³/mol. The van der Waals surface area contributed by atoms with Gasteiger partial charge in [-0.15, -0.1) is 5.10 Å². The molecule has 0 aliphatic heterocycles. The smallest absolute Gasteiger partial charge is 0.237 e. The Morgan fingerprint density at radius 1 is 1.15 bits per heavy atom. The first kappa shape index (κ1) is 19.4. The summed E-state index contributed by atoms with van der Waals surface area (Å²) in [5.74, 6) is -0.138. The Hall–Kier alpha value is -2.38. The second kappa shape index (κ2) is 8.10. The number of tetrazole rings is 1. The summed E-state index contributed by atoms with van der Waals surface area (Å²) in [5.41, 5.74) is 4.78. The molecule has 8 heteroatoms. The van der Waals surface area contributed by atoms with Gasteiger partial charge in [0, 0.05) is 10.7 Å². The summed E-state index contributed by atoms with van der Waals surface area (Å²) >= 11 is 7.33. The molecule has 0 saturated heterocycles. The summed E-state index contributed by atoms with van der Waals surface area (Å²) in [7, 11) is 0. The number of halogens is 1. The summed E-state index contributed by atoms with van der Waals surface area (Å²) in [4.78, 5) is 12.6. The van der Waals surface area contributed by atoms with Gasteiger partial charge in [0.25, 0.3) is 0 Å². The minimum atomic E-state index is -0.390. The molecule has 0 fully saturated rings. The monoisotopic (exact) mass is 401 g/mol. The minimum absolute atomic E-state index is 0.138. The lowest BCUT2D eigenvalue weighted by Crippen LogP contribution is -2.23. The highest BCUT2D eigenvalue weighted by Gasteiger charge is 2.20. The van der Waals surface area contributed by atoms with Gasteiger partial charge in [-0.25, -0.2) is 0 Å². The van der Waals surface area contributed by atoms with Gasteiger partial charge in [0.15, 0.2) is 0 Å². The molecule has 3 aromatic rings. The van der Waals surface area contributed by atoms with E-state index in [0.29, 0.717) is 15.9 Å². The van der Waals surface area contributed by atoms with Crippen molar-refractivity contribution in [2.24, 2.45) is 0 Å². The van der Waals surface area contributed by atoms with Crippen molar-refractivity contribution >= 4 is 35.0 Å². The van der Waals surface area contributed by atoms with E-state index in [4.69, 9.17) is 11.6 Å². The summed E-state index contributed by atoms with van der Waals surface area (Å²) in [5, 5.41) is 15.6. The Balaban J connectivity index is 1.77. The number of anilines is 1. The molecule has 0 spiro atoms. The van der Waals surface area contributed by atoms with Gasteiger partial charge in [-0.3, -0.25) is 4.79 Å². The standard InChI is InChI=1S/C19H20ClN5OS/c1-11-5-8-17(13(3)9-11)25-19(22-23-24-25)27-14(4)18(26)21-16-10-15(20)7-6-12(16)2/h5-10,14H,1-4H3,(H,21,26)/t14-/m0/s1. The fourth-order valence-electron chi connectivity index (χ4n) is 2.62.